The number of methoxy groups -OCH3 is 1. The SMILES string of the molecule is COc1ccc(Sc2cc(Cl)ncn2)cc1. The third kappa shape index (κ3) is 2.87. The van der Waals surface area contributed by atoms with Crippen molar-refractivity contribution in [3.8, 4) is 5.75 Å². The Morgan fingerprint density at radius 1 is 1.19 bits per heavy atom. The standard InChI is InChI=1S/C11H9ClN2OS/c1-15-8-2-4-9(5-3-8)16-11-6-10(12)13-7-14-11/h2-7H,1H3. The van der Waals surface area contributed by atoms with E-state index in [-0.39, 0.29) is 0 Å². The number of benzene rings is 1. The predicted octanol–water partition coefficient (Wildman–Crippen LogP) is 3.29. The topological polar surface area (TPSA) is 35.0 Å². The van der Waals surface area contributed by atoms with Gasteiger partial charge < -0.3 is 4.74 Å². The van der Waals surface area contributed by atoms with Crippen LogP contribution in [0.4, 0.5) is 0 Å². The zero-order valence-electron chi connectivity index (χ0n) is 8.55. The summed E-state index contributed by atoms with van der Waals surface area (Å²) in [6.45, 7) is 0. The molecule has 2 aromatic rings. The third-order valence-corrected chi connectivity index (χ3v) is 3.04. The molecule has 1 heterocycles. The van der Waals surface area contributed by atoms with Crippen LogP contribution in [0.25, 0.3) is 0 Å². The van der Waals surface area contributed by atoms with Crippen LogP contribution in [0.2, 0.25) is 5.15 Å². The molecule has 0 unspecified atom stereocenters. The summed E-state index contributed by atoms with van der Waals surface area (Å²) in [4.78, 5) is 9.02. The van der Waals surface area contributed by atoms with E-state index in [1.165, 1.54) is 18.1 Å². The van der Waals surface area contributed by atoms with Crippen LogP contribution in [-0.4, -0.2) is 17.1 Å². The van der Waals surface area contributed by atoms with Crippen LogP contribution in [0.1, 0.15) is 0 Å². The van der Waals surface area contributed by atoms with Crippen LogP contribution >= 0.6 is 23.4 Å². The van der Waals surface area contributed by atoms with Gasteiger partial charge in [0.2, 0.25) is 0 Å². The van der Waals surface area contributed by atoms with Crippen molar-refractivity contribution in [1.82, 2.24) is 9.97 Å². The maximum atomic E-state index is 5.77. The lowest BCUT2D eigenvalue weighted by Gasteiger charge is -2.02. The number of hydrogen-bond acceptors (Lipinski definition) is 4. The minimum Gasteiger partial charge on any atom is -0.497 e. The number of halogens is 1. The molecule has 2 rings (SSSR count). The molecule has 0 aliphatic carbocycles. The van der Waals surface area contributed by atoms with Crippen molar-refractivity contribution in [2.45, 2.75) is 9.92 Å². The average molecular weight is 253 g/mol. The fraction of sp³-hybridized carbons (Fsp3) is 0.0909. The normalized spacial score (nSPS) is 10.1. The second-order valence-electron chi connectivity index (χ2n) is 2.96. The Labute approximate surface area is 103 Å². The molecule has 0 fully saturated rings. The first-order valence-electron chi connectivity index (χ1n) is 4.57. The second kappa shape index (κ2) is 5.18. The van der Waals surface area contributed by atoms with Crippen molar-refractivity contribution in [3.05, 3.63) is 41.8 Å². The van der Waals surface area contributed by atoms with Crippen LogP contribution in [-0.2, 0) is 0 Å². The summed E-state index contributed by atoms with van der Waals surface area (Å²) >= 11 is 7.30. The van der Waals surface area contributed by atoms with E-state index in [4.69, 9.17) is 16.3 Å². The number of aromatic nitrogens is 2. The molecule has 0 N–H and O–H groups in total. The second-order valence-corrected chi connectivity index (χ2v) is 4.44. The van der Waals surface area contributed by atoms with Gasteiger partial charge in [-0.25, -0.2) is 9.97 Å². The molecular formula is C11H9ClN2OS. The maximum Gasteiger partial charge on any atom is 0.133 e. The summed E-state index contributed by atoms with van der Waals surface area (Å²) < 4.78 is 5.08. The zero-order chi connectivity index (χ0) is 11.4. The van der Waals surface area contributed by atoms with Gasteiger partial charge in [0.25, 0.3) is 0 Å². The van der Waals surface area contributed by atoms with Gasteiger partial charge in [-0.2, -0.15) is 0 Å². The molecule has 0 bridgehead atoms. The van der Waals surface area contributed by atoms with Crippen molar-refractivity contribution >= 4 is 23.4 Å². The van der Waals surface area contributed by atoms with Gasteiger partial charge in [0, 0.05) is 11.0 Å². The number of rotatable bonds is 3. The van der Waals surface area contributed by atoms with Crippen molar-refractivity contribution in [2.75, 3.05) is 7.11 Å². The largest absolute Gasteiger partial charge is 0.497 e. The molecule has 0 radical (unpaired) electrons. The molecule has 5 heteroatoms. The lowest BCUT2D eigenvalue weighted by atomic mass is 10.3. The Balaban J connectivity index is 2.14. The summed E-state index contributed by atoms with van der Waals surface area (Å²) in [6.07, 6.45) is 1.45. The highest BCUT2D eigenvalue weighted by Gasteiger charge is 2.00. The quantitative estimate of drug-likeness (QED) is 0.786. The Bertz CT molecular complexity index is 476. The van der Waals surface area contributed by atoms with Crippen LogP contribution in [0.5, 0.6) is 5.75 Å². The molecule has 0 amide bonds. The molecule has 16 heavy (non-hydrogen) atoms. The highest BCUT2D eigenvalue weighted by Crippen LogP contribution is 2.28. The van der Waals surface area contributed by atoms with Crippen LogP contribution in [0, 0.1) is 0 Å². The van der Waals surface area contributed by atoms with E-state index in [0.717, 1.165) is 15.7 Å². The molecule has 3 nitrogen and oxygen atoms in total. The molecule has 1 aromatic heterocycles. The molecule has 0 saturated heterocycles. The molecule has 0 aliphatic heterocycles. The summed E-state index contributed by atoms with van der Waals surface area (Å²) in [6, 6.07) is 9.49. The fourth-order valence-corrected chi connectivity index (χ4v) is 2.13. The van der Waals surface area contributed by atoms with Crippen LogP contribution < -0.4 is 4.74 Å². The molecule has 82 valence electrons. The van der Waals surface area contributed by atoms with Gasteiger partial charge in [0.1, 0.15) is 22.3 Å². The van der Waals surface area contributed by atoms with Crippen molar-refractivity contribution in [1.29, 1.82) is 0 Å². The number of hydrogen-bond donors (Lipinski definition) is 0. The molecule has 0 spiro atoms. The van der Waals surface area contributed by atoms with Gasteiger partial charge in [0.15, 0.2) is 0 Å². The van der Waals surface area contributed by atoms with Crippen molar-refractivity contribution in [2.24, 2.45) is 0 Å². The lowest BCUT2D eigenvalue weighted by molar-refractivity contribution is 0.414. The van der Waals surface area contributed by atoms with E-state index in [1.807, 2.05) is 24.3 Å². The van der Waals surface area contributed by atoms with Gasteiger partial charge >= 0.3 is 0 Å². The molecule has 1 aromatic carbocycles. The molecule has 0 saturated carbocycles. The average Bonchev–Trinajstić information content (AvgIpc) is 2.30. The number of nitrogens with zero attached hydrogens (tertiary/aromatic N) is 2. The highest BCUT2D eigenvalue weighted by molar-refractivity contribution is 7.99. The van der Waals surface area contributed by atoms with Crippen LogP contribution in [0.15, 0.2) is 46.6 Å². The Morgan fingerprint density at radius 2 is 1.94 bits per heavy atom. The predicted molar refractivity (Wildman–Crippen MR) is 64.2 cm³/mol. The highest BCUT2D eigenvalue weighted by atomic mass is 35.5. The Hall–Kier alpha value is -1.26. The van der Waals surface area contributed by atoms with Crippen LogP contribution in [0.3, 0.4) is 0 Å². The van der Waals surface area contributed by atoms with Crippen molar-refractivity contribution in [3.63, 3.8) is 0 Å². The summed E-state index contributed by atoms with van der Waals surface area (Å²) in [7, 11) is 1.65. The Morgan fingerprint density at radius 3 is 2.56 bits per heavy atom. The monoisotopic (exact) mass is 252 g/mol. The van der Waals surface area contributed by atoms with E-state index in [0.29, 0.717) is 5.15 Å². The summed E-state index contributed by atoms with van der Waals surface area (Å²) in [5, 5.41) is 1.27. The molecule has 0 aliphatic rings. The van der Waals surface area contributed by atoms with E-state index >= 15 is 0 Å². The third-order valence-electron chi connectivity index (χ3n) is 1.89. The smallest absolute Gasteiger partial charge is 0.133 e. The van der Waals surface area contributed by atoms with Gasteiger partial charge in [0.05, 0.1) is 7.11 Å². The first kappa shape index (κ1) is 11.2. The van der Waals surface area contributed by atoms with E-state index in [2.05, 4.69) is 9.97 Å². The molecule has 0 atom stereocenters. The van der Waals surface area contributed by atoms with Gasteiger partial charge in [-0.05, 0) is 24.3 Å². The van der Waals surface area contributed by atoms with E-state index in [1.54, 1.807) is 13.2 Å². The van der Waals surface area contributed by atoms with Gasteiger partial charge in [-0.1, -0.05) is 23.4 Å². The van der Waals surface area contributed by atoms with Gasteiger partial charge in [-0.15, -0.1) is 0 Å². The van der Waals surface area contributed by atoms with E-state index < -0.39 is 0 Å². The lowest BCUT2D eigenvalue weighted by Crippen LogP contribution is -1.84. The Kier molecular flexibility index (Phi) is 3.64. The first-order valence-corrected chi connectivity index (χ1v) is 5.77. The minimum atomic E-state index is 0.450. The number of ether oxygens (including phenoxy) is 1. The maximum absolute atomic E-state index is 5.77. The first-order chi connectivity index (χ1) is 7.78. The minimum absolute atomic E-state index is 0.450. The molecular weight excluding hydrogens is 244 g/mol. The summed E-state index contributed by atoms with van der Waals surface area (Å²) in [5.41, 5.74) is 0. The van der Waals surface area contributed by atoms with Crippen molar-refractivity contribution < 1.29 is 4.74 Å². The fourth-order valence-electron chi connectivity index (χ4n) is 1.14. The van der Waals surface area contributed by atoms with E-state index in [9.17, 15) is 0 Å². The summed E-state index contributed by atoms with van der Waals surface area (Å²) in [5.74, 6) is 0.838. The zero-order valence-corrected chi connectivity index (χ0v) is 10.1. The van der Waals surface area contributed by atoms with Gasteiger partial charge in [-0.3, -0.25) is 0 Å².